The fourth-order valence-corrected chi connectivity index (χ4v) is 3.34. The Hall–Kier alpha value is -2.47. The van der Waals surface area contributed by atoms with Gasteiger partial charge in [-0.1, -0.05) is 42.5 Å². The number of rotatable bonds is 5. The Kier molecular flexibility index (Phi) is 6.32. The third kappa shape index (κ3) is 4.58. The van der Waals surface area contributed by atoms with Gasteiger partial charge in [0.05, 0.1) is 5.69 Å². The van der Waals surface area contributed by atoms with E-state index in [2.05, 4.69) is 5.32 Å². The van der Waals surface area contributed by atoms with Crippen molar-refractivity contribution in [1.82, 2.24) is 4.90 Å². The fraction of sp³-hybridized carbons (Fsp3) is 0.300. The van der Waals surface area contributed by atoms with Crippen LogP contribution in [-0.4, -0.2) is 33.8 Å². The van der Waals surface area contributed by atoms with E-state index in [1.165, 1.54) is 16.7 Å². The number of anilines is 1. The second kappa shape index (κ2) is 8.27. The van der Waals surface area contributed by atoms with Crippen molar-refractivity contribution in [3.63, 3.8) is 0 Å². The molecule has 2 N–H and O–H groups in total. The Morgan fingerprint density at radius 2 is 1.62 bits per heavy atom. The highest BCUT2D eigenvalue weighted by atomic mass is 32.2. The summed E-state index contributed by atoms with van der Waals surface area (Å²) in [7, 11) is 0. The van der Waals surface area contributed by atoms with Gasteiger partial charge in [0.1, 0.15) is 6.04 Å². The zero-order valence-electron chi connectivity index (χ0n) is 15.4. The Morgan fingerprint density at radius 1 is 1.04 bits per heavy atom. The third-order valence-electron chi connectivity index (χ3n) is 3.92. The van der Waals surface area contributed by atoms with Crippen LogP contribution in [0.2, 0.25) is 0 Å². The van der Waals surface area contributed by atoms with Crippen molar-refractivity contribution in [2.75, 3.05) is 11.6 Å². The quantitative estimate of drug-likeness (QED) is 0.735. The molecule has 6 heteroatoms. The van der Waals surface area contributed by atoms with E-state index in [1.807, 2.05) is 36.6 Å². The van der Waals surface area contributed by atoms with E-state index >= 15 is 0 Å². The van der Waals surface area contributed by atoms with Crippen molar-refractivity contribution in [2.45, 2.75) is 37.2 Å². The van der Waals surface area contributed by atoms with Gasteiger partial charge in [-0.2, -0.15) is 0 Å². The van der Waals surface area contributed by atoms with Crippen LogP contribution in [0.3, 0.4) is 0 Å². The maximum atomic E-state index is 13.1. The molecule has 0 aliphatic carbocycles. The molecular weight excluding hydrogens is 348 g/mol. The maximum absolute atomic E-state index is 13.1. The van der Waals surface area contributed by atoms with Gasteiger partial charge in [0.2, 0.25) is 0 Å². The van der Waals surface area contributed by atoms with E-state index in [0.717, 1.165) is 4.90 Å². The summed E-state index contributed by atoms with van der Waals surface area (Å²) in [6.45, 7) is 5.33. The predicted molar refractivity (Wildman–Crippen MR) is 106 cm³/mol. The van der Waals surface area contributed by atoms with Crippen molar-refractivity contribution < 1.29 is 14.7 Å². The highest BCUT2D eigenvalue weighted by Crippen LogP contribution is 2.31. The Morgan fingerprint density at radius 3 is 2.15 bits per heavy atom. The molecule has 0 aliphatic heterocycles. The molecule has 0 bridgehead atoms. The molecule has 0 fully saturated rings. The van der Waals surface area contributed by atoms with Gasteiger partial charge in [-0.25, -0.2) is 4.79 Å². The van der Waals surface area contributed by atoms with Gasteiger partial charge in [-0.15, -0.1) is 11.8 Å². The minimum atomic E-state index is -1.14. The number of benzene rings is 2. The molecule has 0 aromatic heterocycles. The van der Waals surface area contributed by atoms with Crippen LogP contribution in [0.25, 0.3) is 0 Å². The van der Waals surface area contributed by atoms with Gasteiger partial charge < -0.3 is 10.4 Å². The molecule has 138 valence electrons. The Bertz CT molecular complexity index is 772. The predicted octanol–water partition coefficient (Wildman–Crippen LogP) is 4.87. The molecule has 2 aromatic rings. The SMILES string of the molecule is CSc1ccccc1NC(=O)C(c1ccccc1)N(C(=O)O)C(C)(C)C. The highest BCUT2D eigenvalue weighted by molar-refractivity contribution is 7.98. The van der Waals surface area contributed by atoms with E-state index in [0.29, 0.717) is 11.3 Å². The van der Waals surface area contributed by atoms with E-state index in [4.69, 9.17) is 0 Å². The summed E-state index contributed by atoms with van der Waals surface area (Å²) < 4.78 is 0. The lowest BCUT2D eigenvalue weighted by molar-refractivity contribution is -0.122. The van der Waals surface area contributed by atoms with Gasteiger partial charge in [0.15, 0.2) is 0 Å². The molecule has 2 rings (SSSR count). The minimum absolute atomic E-state index is 0.380. The molecule has 5 nitrogen and oxygen atoms in total. The molecule has 2 amide bonds. The zero-order chi connectivity index (χ0) is 19.3. The molecule has 0 saturated carbocycles. The number of nitrogens with one attached hydrogen (secondary N) is 1. The van der Waals surface area contributed by atoms with Gasteiger partial charge in [-0.05, 0) is 44.7 Å². The summed E-state index contributed by atoms with van der Waals surface area (Å²) >= 11 is 1.52. The second-order valence-corrected chi connectivity index (χ2v) is 7.67. The molecular formula is C20H24N2O3S. The Balaban J connectivity index is 2.47. The van der Waals surface area contributed by atoms with E-state index in [9.17, 15) is 14.7 Å². The van der Waals surface area contributed by atoms with Gasteiger partial charge >= 0.3 is 6.09 Å². The summed E-state index contributed by atoms with van der Waals surface area (Å²) in [5.41, 5.74) is 0.553. The maximum Gasteiger partial charge on any atom is 0.408 e. The lowest BCUT2D eigenvalue weighted by atomic mass is 9.97. The summed E-state index contributed by atoms with van der Waals surface area (Å²) in [6.07, 6.45) is 0.790. The first kappa shape index (κ1) is 19.8. The number of hydrogen-bond acceptors (Lipinski definition) is 3. The first-order chi connectivity index (χ1) is 12.3. The van der Waals surface area contributed by atoms with Crippen LogP contribution in [0.5, 0.6) is 0 Å². The standard InChI is InChI=1S/C20H24N2O3S/c1-20(2,3)22(19(24)25)17(14-10-6-5-7-11-14)18(23)21-15-12-8-9-13-16(15)26-4/h5-13,17H,1-4H3,(H,21,23)(H,24,25). The number of carbonyl (C=O) groups excluding carboxylic acids is 1. The van der Waals surface area contributed by atoms with Crippen molar-refractivity contribution in [1.29, 1.82) is 0 Å². The van der Waals surface area contributed by atoms with E-state index < -0.39 is 17.7 Å². The molecule has 0 spiro atoms. The normalized spacial score (nSPS) is 12.3. The number of amides is 2. The van der Waals surface area contributed by atoms with Crippen molar-refractivity contribution in [3.8, 4) is 0 Å². The fourth-order valence-electron chi connectivity index (χ4n) is 2.79. The average Bonchev–Trinajstić information content (AvgIpc) is 2.59. The molecule has 2 aromatic carbocycles. The monoisotopic (exact) mass is 372 g/mol. The van der Waals surface area contributed by atoms with Crippen molar-refractivity contribution in [3.05, 3.63) is 60.2 Å². The summed E-state index contributed by atoms with van der Waals surface area (Å²) in [6, 6.07) is 15.5. The summed E-state index contributed by atoms with van der Waals surface area (Å²) in [5, 5.41) is 12.7. The number of carbonyl (C=O) groups is 2. The topological polar surface area (TPSA) is 69.6 Å². The third-order valence-corrected chi connectivity index (χ3v) is 4.71. The molecule has 1 unspecified atom stereocenters. The first-order valence-corrected chi connectivity index (χ1v) is 9.49. The van der Waals surface area contributed by atoms with Crippen LogP contribution < -0.4 is 5.32 Å². The second-order valence-electron chi connectivity index (χ2n) is 6.83. The molecule has 1 atom stereocenters. The molecule has 0 saturated heterocycles. The Labute approximate surface area is 158 Å². The summed E-state index contributed by atoms with van der Waals surface area (Å²) in [5.74, 6) is -0.380. The van der Waals surface area contributed by atoms with Crippen LogP contribution in [0.1, 0.15) is 32.4 Å². The largest absolute Gasteiger partial charge is 0.465 e. The van der Waals surface area contributed by atoms with Gasteiger partial charge in [0, 0.05) is 10.4 Å². The van der Waals surface area contributed by atoms with Crippen LogP contribution in [-0.2, 0) is 4.79 Å². The smallest absolute Gasteiger partial charge is 0.408 e. The van der Waals surface area contributed by atoms with Crippen LogP contribution in [0.4, 0.5) is 10.5 Å². The molecule has 0 heterocycles. The van der Waals surface area contributed by atoms with Crippen LogP contribution in [0.15, 0.2) is 59.5 Å². The number of thioether (sulfide) groups is 1. The lowest BCUT2D eigenvalue weighted by Crippen LogP contribution is -2.50. The molecule has 26 heavy (non-hydrogen) atoms. The van der Waals surface area contributed by atoms with Crippen molar-refractivity contribution >= 4 is 29.4 Å². The zero-order valence-corrected chi connectivity index (χ0v) is 16.2. The number of hydrogen-bond donors (Lipinski definition) is 2. The number of para-hydroxylation sites is 1. The lowest BCUT2D eigenvalue weighted by Gasteiger charge is -2.39. The average molecular weight is 372 g/mol. The number of nitrogens with zero attached hydrogens (tertiary/aromatic N) is 1. The van der Waals surface area contributed by atoms with Gasteiger partial charge in [-0.3, -0.25) is 9.69 Å². The van der Waals surface area contributed by atoms with Crippen LogP contribution in [0, 0.1) is 0 Å². The van der Waals surface area contributed by atoms with E-state index in [1.54, 1.807) is 45.0 Å². The van der Waals surface area contributed by atoms with E-state index in [-0.39, 0.29) is 5.91 Å². The van der Waals surface area contributed by atoms with Crippen molar-refractivity contribution in [2.24, 2.45) is 0 Å². The first-order valence-electron chi connectivity index (χ1n) is 8.27. The number of carboxylic acid groups (broad SMARTS) is 1. The molecule has 0 aliphatic rings. The van der Waals surface area contributed by atoms with Crippen LogP contribution >= 0.6 is 11.8 Å². The highest BCUT2D eigenvalue weighted by Gasteiger charge is 2.38. The minimum Gasteiger partial charge on any atom is -0.465 e. The molecule has 0 radical (unpaired) electrons. The van der Waals surface area contributed by atoms with Gasteiger partial charge in [0.25, 0.3) is 5.91 Å². The summed E-state index contributed by atoms with van der Waals surface area (Å²) in [4.78, 5) is 27.2.